The van der Waals surface area contributed by atoms with E-state index >= 15 is 0 Å². The lowest BCUT2D eigenvalue weighted by Gasteiger charge is -2.33. The molecule has 0 radical (unpaired) electrons. The van der Waals surface area contributed by atoms with Crippen molar-refractivity contribution in [2.24, 2.45) is 11.0 Å². The number of benzene rings is 1. The van der Waals surface area contributed by atoms with Gasteiger partial charge in [0.15, 0.2) is 0 Å². The molecule has 3 heterocycles. The summed E-state index contributed by atoms with van der Waals surface area (Å²) in [5.74, 6) is 0.326. The normalized spacial score (nSPS) is 23.4. The quantitative estimate of drug-likeness (QED) is 0.462. The average molecular weight is 448 g/mol. The molecule has 2 aliphatic rings. The summed E-state index contributed by atoms with van der Waals surface area (Å²) in [6.07, 6.45) is 6.67. The van der Waals surface area contributed by atoms with E-state index in [0.717, 1.165) is 39.5 Å². The van der Waals surface area contributed by atoms with Gasteiger partial charge in [0.05, 0.1) is 17.6 Å². The van der Waals surface area contributed by atoms with Gasteiger partial charge in [0.2, 0.25) is 0 Å². The zero-order valence-corrected chi connectivity index (χ0v) is 18.7. The van der Waals surface area contributed by atoms with Crippen molar-refractivity contribution in [3.8, 4) is 10.6 Å². The molecular weight excluding hydrogens is 422 g/mol. The van der Waals surface area contributed by atoms with Gasteiger partial charge in [0.25, 0.3) is 5.91 Å². The van der Waals surface area contributed by atoms with Crippen molar-refractivity contribution < 1.29 is 9.59 Å². The number of carbonyl (C=O) groups excluding carboxylic acids is 2. The maximum Gasteiger partial charge on any atom is 0.346 e. The van der Waals surface area contributed by atoms with Crippen LogP contribution in [0, 0.1) is 5.92 Å². The molecule has 1 aromatic carbocycles. The smallest absolute Gasteiger partial charge is 0.321 e. The lowest BCUT2D eigenvalue weighted by Crippen LogP contribution is -2.49. The Morgan fingerprint density at radius 1 is 1.19 bits per heavy atom. The summed E-state index contributed by atoms with van der Waals surface area (Å²) in [6, 6.07) is 13.6. The third kappa shape index (κ3) is 3.86. The molecule has 2 aromatic heterocycles. The molecule has 1 saturated carbocycles. The Labute approximate surface area is 190 Å². The lowest BCUT2D eigenvalue weighted by molar-refractivity contribution is -0.132. The van der Waals surface area contributed by atoms with Crippen LogP contribution in [0.15, 0.2) is 59.1 Å². The highest BCUT2D eigenvalue weighted by molar-refractivity contribution is 7.13. The fourth-order valence-electron chi connectivity index (χ4n) is 4.41. The SMILES string of the molecule is CC1CCC2(CC1)NC(=O)N(/N=C/c1cn(Cc3ccccc3)nc1-c1cccs1)C2=O. The van der Waals surface area contributed by atoms with Crippen LogP contribution in [0.25, 0.3) is 10.6 Å². The lowest BCUT2D eigenvalue weighted by atomic mass is 9.77. The van der Waals surface area contributed by atoms with E-state index in [0.29, 0.717) is 25.3 Å². The Morgan fingerprint density at radius 3 is 2.69 bits per heavy atom. The number of imide groups is 1. The number of hydrazone groups is 1. The minimum Gasteiger partial charge on any atom is -0.321 e. The minimum absolute atomic E-state index is 0.250. The van der Waals surface area contributed by atoms with E-state index in [2.05, 4.69) is 29.5 Å². The molecule has 0 atom stereocenters. The predicted octanol–water partition coefficient (Wildman–Crippen LogP) is 4.49. The monoisotopic (exact) mass is 447 g/mol. The Hall–Kier alpha value is -3.26. The number of amides is 3. The van der Waals surface area contributed by atoms with Gasteiger partial charge < -0.3 is 5.32 Å². The van der Waals surface area contributed by atoms with Crippen molar-refractivity contribution in [1.29, 1.82) is 0 Å². The van der Waals surface area contributed by atoms with Crippen molar-refractivity contribution in [2.45, 2.75) is 44.7 Å². The van der Waals surface area contributed by atoms with Gasteiger partial charge in [0.1, 0.15) is 11.2 Å². The summed E-state index contributed by atoms with van der Waals surface area (Å²) in [5, 5.41) is 15.0. The van der Waals surface area contributed by atoms with Crippen molar-refractivity contribution >= 4 is 29.5 Å². The zero-order chi connectivity index (χ0) is 22.1. The van der Waals surface area contributed by atoms with Crippen molar-refractivity contribution in [3.05, 3.63) is 65.2 Å². The van der Waals surface area contributed by atoms with Gasteiger partial charge >= 0.3 is 6.03 Å². The van der Waals surface area contributed by atoms with E-state index in [1.54, 1.807) is 17.6 Å². The van der Waals surface area contributed by atoms with Gasteiger partial charge in [-0.3, -0.25) is 9.48 Å². The van der Waals surface area contributed by atoms with Gasteiger partial charge in [0, 0.05) is 11.8 Å². The molecule has 1 N–H and O–H groups in total. The molecule has 0 bridgehead atoms. The number of aromatic nitrogens is 2. The first-order valence-corrected chi connectivity index (χ1v) is 11.8. The fourth-order valence-corrected chi connectivity index (χ4v) is 5.14. The Balaban J connectivity index is 1.41. The second-order valence-corrected chi connectivity index (χ2v) is 9.60. The van der Waals surface area contributed by atoms with E-state index in [1.807, 2.05) is 46.6 Å². The first-order valence-electron chi connectivity index (χ1n) is 10.9. The second kappa shape index (κ2) is 8.35. The van der Waals surface area contributed by atoms with Crippen LogP contribution in [-0.2, 0) is 11.3 Å². The number of nitrogens with zero attached hydrogens (tertiary/aromatic N) is 4. The number of urea groups is 1. The summed E-state index contributed by atoms with van der Waals surface area (Å²) >= 11 is 1.59. The van der Waals surface area contributed by atoms with Crippen LogP contribution in [0.2, 0.25) is 0 Å². The molecular formula is C24H25N5O2S. The number of hydrogen-bond acceptors (Lipinski definition) is 5. The number of rotatable bonds is 5. The maximum atomic E-state index is 13.1. The van der Waals surface area contributed by atoms with E-state index in [4.69, 9.17) is 5.10 Å². The van der Waals surface area contributed by atoms with Crippen LogP contribution in [-0.4, -0.2) is 38.5 Å². The van der Waals surface area contributed by atoms with Crippen LogP contribution in [0.4, 0.5) is 4.79 Å². The van der Waals surface area contributed by atoms with Gasteiger partial charge in [-0.15, -0.1) is 16.3 Å². The molecule has 8 heteroatoms. The highest BCUT2D eigenvalue weighted by atomic mass is 32.1. The molecule has 0 unspecified atom stereocenters. The van der Waals surface area contributed by atoms with Crippen LogP contribution < -0.4 is 5.32 Å². The summed E-state index contributed by atoms with van der Waals surface area (Å²) < 4.78 is 1.86. The fraction of sp³-hybridized carbons (Fsp3) is 0.333. The summed E-state index contributed by atoms with van der Waals surface area (Å²) in [5.41, 5.74) is 1.89. The molecule has 1 spiro atoms. The number of hydrogen-bond donors (Lipinski definition) is 1. The molecule has 1 aliphatic heterocycles. The van der Waals surface area contributed by atoms with Gasteiger partial charge in [-0.1, -0.05) is 43.3 Å². The Morgan fingerprint density at radius 2 is 1.97 bits per heavy atom. The van der Waals surface area contributed by atoms with E-state index < -0.39 is 11.6 Å². The Kier molecular flexibility index (Phi) is 5.38. The first kappa shape index (κ1) is 20.6. The average Bonchev–Trinajstić information content (AvgIpc) is 3.50. The van der Waals surface area contributed by atoms with E-state index in [1.165, 1.54) is 0 Å². The van der Waals surface area contributed by atoms with Crippen molar-refractivity contribution in [2.75, 3.05) is 0 Å². The predicted molar refractivity (Wildman–Crippen MR) is 124 cm³/mol. The van der Waals surface area contributed by atoms with Crippen LogP contribution in [0.5, 0.6) is 0 Å². The topological polar surface area (TPSA) is 79.6 Å². The molecule has 3 amide bonds. The van der Waals surface area contributed by atoms with Gasteiger partial charge in [-0.2, -0.15) is 10.2 Å². The van der Waals surface area contributed by atoms with Crippen molar-refractivity contribution in [3.63, 3.8) is 0 Å². The highest BCUT2D eigenvalue weighted by Crippen LogP contribution is 2.36. The highest BCUT2D eigenvalue weighted by Gasteiger charge is 2.52. The first-order chi connectivity index (χ1) is 15.5. The molecule has 3 aromatic rings. The van der Waals surface area contributed by atoms with Gasteiger partial charge in [-0.25, -0.2) is 4.79 Å². The van der Waals surface area contributed by atoms with Crippen LogP contribution in [0.3, 0.4) is 0 Å². The number of nitrogens with one attached hydrogen (secondary N) is 1. The standard InChI is InChI=1S/C24H25N5O2S/c1-17-9-11-24(12-10-17)22(30)29(23(31)26-24)25-14-19-16-28(15-18-6-3-2-4-7-18)27-21(19)20-8-5-13-32-20/h2-8,13-14,16-17H,9-12,15H2,1H3,(H,26,31)/b25-14+. The Bertz CT molecular complexity index is 1140. The molecule has 2 fully saturated rings. The molecule has 1 saturated heterocycles. The van der Waals surface area contributed by atoms with Crippen LogP contribution in [0.1, 0.15) is 43.7 Å². The minimum atomic E-state index is -0.797. The van der Waals surface area contributed by atoms with Gasteiger partial charge in [-0.05, 0) is 48.6 Å². The van der Waals surface area contributed by atoms with E-state index in [9.17, 15) is 9.59 Å². The van der Waals surface area contributed by atoms with E-state index in [-0.39, 0.29) is 5.91 Å². The summed E-state index contributed by atoms with van der Waals surface area (Å²) in [4.78, 5) is 26.7. The van der Waals surface area contributed by atoms with Crippen LogP contribution >= 0.6 is 11.3 Å². The maximum absolute atomic E-state index is 13.1. The summed E-state index contributed by atoms with van der Waals surface area (Å²) in [6.45, 7) is 2.81. The largest absolute Gasteiger partial charge is 0.346 e. The number of carbonyl (C=O) groups is 2. The third-order valence-electron chi connectivity index (χ3n) is 6.31. The molecule has 7 nitrogen and oxygen atoms in total. The molecule has 1 aliphatic carbocycles. The number of thiophene rings is 1. The summed E-state index contributed by atoms with van der Waals surface area (Å²) in [7, 11) is 0. The van der Waals surface area contributed by atoms with Crippen molar-refractivity contribution in [1.82, 2.24) is 20.1 Å². The second-order valence-electron chi connectivity index (χ2n) is 8.65. The molecule has 32 heavy (non-hydrogen) atoms. The third-order valence-corrected chi connectivity index (χ3v) is 7.19. The molecule has 5 rings (SSSR count). The molecule has 164 valence electrons. The zero-order valence-electron chi connectivity index (χ0n) is 17.9.